The van der Waals surface area contributed by atoms with Crippen molar-refractivity contribution in [3.8, 4) is 0 Å². The molecule has 6 nitrogen and oxygen atoms in total. The van der Waals surface area contributed by atoms with Gasteiger partial charge in [-0.05, 0) is 30.7 Å². The molecule has 118 valence electrons. The first-order chi connectivity index (χ1) is 10.5. The second-order valence-electron chi connectivity index (χ2n) is 5.79. The highest BCUT2D eigenvalue weighted by molar-refractivity contribution is 5.94. The van der Waals surface area contributed by atoms with Crippen molar-refractivity contribution in [3.63, 3.8) is 0 Å². The molecular formula is C15H18FN3O3. The Morgan fingerprint density at radius 2 is 1.91 bits per heavy atom. The Labute approximate surface area is 127 Å². The lowest BCUT2D eigenvalue weighted by atomic mass is 10.1. The van der Waals surface area contributed by atoms with Gasteiger partial charge >= 0.3 is 6.09 Å². The molecule has 22 heavy (non-hydrogen) atoms. The van der Waals surface area contributed by atoms with Gasteiger partial charge in [-0.1, -0.05) is 0 Å². The van der Waals surface area contributed by atoms with Gasteiger partial charge in [0.2, 0.25) is 0 Å². The van der Waals surface area contributed by atoms with Crippen molar-refractivity contribution in [3.05, 3.63) is 35.6 Å². The number of hydrogen-bond donors (Lipinski definition) is 2. The third-order valence-corrected chi connectivity index (χ3v) is 4.33. The van der Waals surface area contributed by atoms with E-state index in [1.165, 1.54) is 29.2 Å². The predicted molar refractivity (Wildman–Crippen MR) is 77.2 cm³/mol. The van der Waals surface area contributed by atoms with Crippen molar-refractivity contribution in [1.82, 2.24) is 15.1 Å². The van der Waals surface area contributed by atoms with Crippen LogP contribution in [0.4, 0.5) is 9.18 Å². The first-order valence-corrected chi connectivity index (χ1v) is 7.31. The number of nitrogens with one attached hydrogen (secondary N) is 1. The van der Waals surface area contributed by atoms with Crippen LogP contribution < -0.4 is 5.32 Å². The van der Waals surface area contributed by atoms with E-state index < -0.39 is 6.09 Å². The molecule has 7 heteroatoms. The zero-order valence-electron chi connectivity index (χ0n) is 12.0. The second kappa shape index (κ2) is 5.92. The van der Waals surface area contributed by atoms with Crippen LogP contribution in [0.5, 0.6) is 0 Å². The van der Waals surface area contributed by atoms with Gasteiger partial charge in [-0.15, -0.1) is 0 Å². The number of hydrogen-bond acceptors (Lipinski definition) is 3. The zero-order valence-corrected chi connectivity index (χ0v) is 12.0. The number of nitrogens with zero attached hydrogens (tertiary/aromatic N) is 2. The maximum atomic E-state index is 12.9. The molecule has 1 aromatic rings. The number of halogens is 1. The standard InChI is InChI=1S/C15H18FN3O3/c16-11-3-1-10(2-4-11)14(20)17-12-7-13-9-19(15(21)22)6-5-18(13)8-12/h1-4,12-13H,5-9H2,(H,17,20)(H,21,22)/t12-,13-/m0/s1. The summed E-state index contributed by atoms with van der Waals surface area (Å²) >= 11 is 0. The van der Waals surface area contributed by atoms with E-state index in [1.807, 2.05) is 0 Å². The van der Waals surface area contributed by atoms with Gasteiger partial charge in [-0.25, -0.2) is 9.18 Å². The van der Waals surface area contributed by atoms with E-state index in [9.17, 15) is 14.0 Å². The van der Waals surface area contributed by atoms with Crippen LogP contribution in [0, 0.1) is 5.82 Å². The molecule has 0 aromatic heterocycles. The highest BCUT2D eigenvalue weighted by atomic mass is 19.1. The topological polar surface area (TPSA) is 72.9 Å². The van der Waals surface area contributed by atoms with Crippen LogP contribution in [0.1, 0.15) is 16.8 Å². The molecule has 2 atom stereocenters. The van der Waals surface area contributed by atoms with Gasteiger partial charge in [-0.3, -0.25) is 9.69 Å². The third-order valence-electron chi connectivity index (χ3n) is 4.33. The minimum absolute atomic E-state index is 0.00343. The van der Waals surface area contributed by atoms with E-state index in [4.69, 9.17) is 5.11 Å². The summed E-state index contributed by atoms with van der Waals surface area (Å²) in [5, 5.41) is 12.0. The largest absolute Gasteiger partial charge is 0.465 e. The smallest absolute Gasteiger partial charge is 0.407 e. The summed E-state index contributed by atoms with van der Waals surface area (Å²) in [5.41, 5.74) is 0.429. The van der Waals surface area contributed by atoms with Gasteiger partial charge in [0.05, 0.1) is 0 Å². The maximum absolute atomic E-state index is 12.9. The van der Waals surface area contributed by atoms with Crippen molar-refractivity contribution >= 4 is 12.0 Å². The van der Waals surface area contributed by atoms with Crippen LogP contribution in [0.15, 0.2) is 24.3 Å². The monoisotopic (exact) mass is 307 g/mol. The quantitative estimate of drug-likeness (QED) is 0.855. The number of carboxylic acid groups (broad SMARTS) is 1. The van der Waals surface area contributed by atoms with Crippen molar-refractivity contribution in [1.29, 1.82) is 0 Å². The summed E-state index contributed by atoms with van der Waals surface area (Å²) in [7, 11) is 0. The Morgan fingerprint density at radius 3 is 2.59 bits per heavy atom. The van der Waals surface area contributed by atoms with Gasteiger partial charge in [-0.2, -0.15) is 0 Å². The Balaban J connectivity index is 1.58. The fourth-order valence-electron chi connectivity index (χ4n) is 3.19. The number of piperazine rings is 1. The summed E-state index contributed by atoms with van der Waals surface area (Å²) < 4.78 is 12.9. The average Bonchev–Trinajstić information content (AvgIpc) is 2.88. The molecule has 1 aromatic carbocycles. The van der Waals surface area contributed by atoms with Crippen LogP contribution in [0.25, 0.3) is 0 Å². The minimum Gasteiger partial charge on any atom is -0.465 e. The van der Waals surface area contributed by atoms with E-state index in [1.54, 1.807) is 0 Å². The summed E-state index contributed by atoms with van der Waals surface area (Å²) in [6, 6.07) is 5.59. The Kier molecular flexibility index (Phi) is 3.98. The lowest BCUT2D eigenvalue weighted by molar-refractivity contribution is 0.0887. The Morgan fingerprint density at radius 1 is 1.18 bits per heavy atom. The first kappa shape index (κ1) is 14.8. The SMILES string of the molecule is O=C(N[C@H]1C[C@H]2CN(C(=O)O)CCN2C1)c1ccc(F)cc1. The number of fused-ring (bicyclic) bond motifs is 1. The molecule has 0 saturated carbocycles. The average molecular weight is 307 g/mol. The molecule has 3 rings (SSSR count). The van der Waals surface area contributed by atoms with Gasteiger partial charge in [0, 0.05) is 43.8 Å². The first-order valence-electron chi connectivity index (χ1n) is 7.31. The highest BCUT2D eigenvalue weighted by Crippen LogP contribution is 2.22. The molecule has 0 bridgehead atoms. The summed E-state index contributed by atoms with van der Waals surface area (Å²) in [6.45, 7) is 2.41. The van der Waals surface area contributed by atoms with Crippen LogP contribution in [-0.4, -0.2) is 65.2 Å². The van der Waals surface area contributed by atoms with Crippen molar-refractivity contribution in [2.45, 2.75) is 18.5 Å². The number of amides is 2. The molecule has 2 aliphatic rings. The van der Waals surface area contributed by atoms with E-state index in [2.05, 4.69) is 10.2 Å². The molecule has 0 radical (unpaired) electrons. The van der Waals surface area contributed by atoms with Crippen LogP contribution in [0.2, 0.25) is 0 Å². The molecule has 0 unspecified atom stereocenters. The van der Waals surface area contributed by atoms with Crippen LogP contribution >= 0.6 is 0 Å². The Hall–Kier alpha value is -2.15. The molecule has 2 heterocycles. The van der Waals surface area contributed by atoms with Crippen LogP contribution in [-0.2, 0) is 0 Å². The highest BCUT2D eigenvalue weighted by Gasteiger charge is 2.37. The molecule has 2 fully saturated rings. The third kappa shape index (κ3) is 3.04. The summed E-state index contributed by atoms with van der Waals surface area (Å²) in [6.07, 6.45) is -0.157. The fraction of sp³-hybridized carbons (Fsp3) is 0.467. The molecular weight excluding hydrogens is 289 g/mol. The second-order valence-corrected chi connectivity index (χ2v) is 5.79. The normalized spacial score (nSPS) is 24.9. The zero-order chi connectivity index (χ0) is 15.7. The van der Waals surface area contributed by atoms with Gasteiger partial charge in [0.25, 0.3) is 5.91 Å². The number of rotatable bonds is 2. The van der Waals surface area contributed by atoms with Crippen molar-refractivity contribution in [2.24, 2.45) is 0 Å². The summed E-state index contributed by atoms with van der Waals surface area (Å²) in [4.78, 5) is 26.8. The van der Waals surface area contributed by atoms with Gasteiger partial charge in [0.1, 0.15) is 5.82 Å². The molecule has 2 amide bonds. The molecule has 0 spiro atoms. The minimum atomic E-state index is -0.890. The van der Waals surface area contributed by atoms with Gasteiger partial charge < -0.3 is 15.3 Å². The fourth-order valence-corrected chi connectivity index (χ4v) is 3.19. The van der Waals surface area contributed by atoms with Gasteiger partial charge in [0.15, 0.2) is 0 Å². The Bertz CT molecular complexity index is 578. The van der Waals surface area contributed by atoms with E-state index >= 15 is 0 Å². The maximum Gasteiger partial charge on any atom is 0.407 e. The van der Waals surface area contributed by atoms with Crippen LogP contribution in [0.3, 0.4) is 0 Å². The van der Waals surface area contributed by atoms with Crippen molar-refractivity contribution in [2.75, 3.05) is 26.2 Å². The number of carbonyl (C=O) groups is 2. The predicted octanol–water partition coefficient (Wildman–Crippen LogP) is 0.992. The van der Waals surface area contributed by atoms with Crippen molar-refractivity contribution < 1.29 is 19.1 Å². The van der Waals surface area contributed by atoms with E-state index in [-0.39, 0.29) is 23.8 Å². The molecule has 2 aliphatic heterocycles. The lowest BCUT2D eigenvalue weighted by Crippen LogP contribution is -2.51. The molecule has 2 saturated heterocycles. The lowest BCUT2D eigenvalue weighted by Gasteiger charge is -2.35. The van der Waals surface area contributed by atoms with E-state index in [0.29, 0.717) is 25.2 Å². The summed E-state index contributed by atoms with van der Waals surface area (Å²) in [5.74, 6) is -0.594. The number of carbonyl (C=O) groups excluding carboxylic acids is 1. The van der Waals surface area contributed by atoms with E-state index in [0.717, 1.165) is 13.0 Å². The number of benzene rings is 1. The molecule has 0 aliphatic carbocycles. The molecule has 2 N–H and O–H groups in total.